The van der Waals surface area contributed by atoms with Crippen LogP contribution in [-0.2, 0) is 13.0 Å². The first-order valence-corrected chi connectivity index (χ1v) is 7.39. The summed E-state index contributed by atoms with van der Waals surface area (Å²) in [6.45, 7) is 5.03. The van der Waals surface area contributed by atoms with Crippen molar-refractivity contribution in [3.8, 4) is 0 Å². The highest BCUT2D eigenvalue weighted by Crippen LogP contribution is 2.12. The lowest BCUT2D eigenvalue weighted by Crippen LogP contribution is -2.30. The van der Waals surface area contributed by atoms with Gasteiger partial charge in [-0.25, -0.2) is 4.79 Å². The maximum absolute atomic E-state index is 10.9. The molecule has 4 heteroatoms. The summed E-state index contributed by atoms with van der Waals surface area (Å²) in [5.74, 6) is -0.890. The number of carbonyl (C=O) groups is 1. The van der Waals surface area contributed by atoms with Crippen molar-refractivity contribution in [2.24, 2.45) is 0 Å². The summed E-state index contributed by atoms with van der Waals surface area (Å²) in [4.78, 5) is 17.5. The highest BCUT2D eigenvalue weighted by molar-refractivity contribution is 5.87. The van der Waals surface area contributed by atoms with E-state index in [0.29, 0.717) is 11.6 Å². The third kappa shape index (κ3) is 4.40. The third-order valence-corrected chi connectivity index (χ3v) is 3.86. The summed E-state index contributed by atoms with van der Waals surface area (Å²) in [7, 11) is 2.07. The molecule has 0 amide bonds. The molecule has 0 spiro atoms. The number of carboxylic acids is 1. The molecule has 0 aliphatic heterocycles. The average Bonchev–Trinajstić information content (AvgIpc) is 2.47. The largest absolute Gasteiger partial charge is 0.478 e. The SMILES string of the molecule is Cc1ccnc(C[C@H](C)N(C)Cc2ccc(C(=O)O)cc2)c1. The number of hydrogen-bond acceptors (Lipinski definition) is 3. The van der Waals surface area contributed by atoms with Crippen LogP contribution in [0.3, 0.4) is 0 Å². The van der Waals surface area contributed by atoms with Crippen molar-refractivity contribution in [2.45, 2.75) is 32.9 Å². The van der Waals surface area contributed by atoms with E-state index in [1.807, 2.05) is 24.4 Å². The molecule has 0 unspecified atom stereocenters. The Kier molecular flexibility index (Phi) is 5.28. The monoisotopic (exact) mass is 298 g/mol. The number of aromatic carboxylic acids is 1. The van der Waals surface area contributed by atoms with Crippen LogP contribution >= 0.6 is 0 Å². The predicted molar refractivity (Wildman–Crippen MR) is 87.0 cm³/mol. The Hall–Kier alpha value is -2.20. The summed E-state index contributed by atoms with van der Waals surface area (Å²) < 4.78 is 0. The van der Waals surface area contributed by atoms with Crippen molar-refractivity contribution in [1.29, 1.82) is 0 Å². The number of carboxylic acid groups (broad SMARTS) is 1. The molecule has 0 radical (unpaired) electrons. The molecular formula is C18H22N2O2. The lowest BCUT2D eigenvalue weighted by atomic mass is 10.1. The van der Waals surface area contributed by atoms with E-state index in [1.54, 1.807) is 12.1 Å². The Morgan fingerprint density at radius 1 is 1.27 bits per heavy atom. The van der Waals surface area contributed by atoms with Gasteiger partial charge in [0.05, 0.1) is 5.56 Å². The number of aryl methyl sites for hydroxylation is 1. The van der Waals surface area contributed by atoms with Crippen LogP contribution < -0.4 is 0 Å². The van der Waals surface area contributed by atoms with Crippen LogP contribution in [0.2, 0.25) is 0 Å². The fourth-order valence-electron chi connectivity index (χ4n) is 2.37. The molecule has 116 valence electrons. The van der Waals surface area contributed by atoms with Gasteiger partial charge < -0.3 is 5.11 Å². The van der Waals surface area contributed by atoms with Gasteiger partial charge in [0.15, 0.2) is 0 Å². The van der Waals surface area contributed by atoms with Crippen molar-refractivity contribution in [3.63, 3.8) is 0 Å². The molecule has 2 rings (SSSR count). The average molecular weight is 298 g/mol. The molecule has 0 saturated carbocycles. The van der Waals surface area contributed by atoms with E-state index >= 15 is 0 Å². The molecule has 1 heterocycles. The van der Waals surface area contributed by atoms with E-state index in [-0.39, 0.29) is 0 Å². The predicted octanol–water partition coefficient (Wildman–Crippen LogP) is 3.15. The molecule has 0 bridgehead atoms. The smallest absolute Gasteiger partial charge is 0.335 e. The minimum atomic E-state index is -0.890. The lowest BCUT2D eigenvalue weighted by Gasteiger charge is -2.24. The first-order valence-electron chi connectivity index (χ1n) is 7.39. The molecule has 0 fully saturated rings. The Morgan fingerprint density at radius 2 is 1.95 bits per heavy atom. The number of likely N-dealkylation sites (N-methyl/N-ethyl adjacent to an activating group) is 1. The zero-order valence-corrected chi connectivity index (χ0v) is 13.3. The van der Waals surface area contributed by atoms with Gasteiger partial charge in [0.2, 0.25) is 0 Å². The van der Waals surface area contributed by atoms with Crippen LogP contribution in [0.4, 0.5) is 0 Å². The highest BCUT2D eigenvalue weighted by Gasteiger charge is 2.12. The Bertz CT molecular complexity index is 638. The number of benzene rings is 1. The lowest BCUT2D eigenvalue weighted by molar-refractivity contribution is 0.0697. The van der Waals surface area contributed by atoms with E-state index in [0.717, 1.165) is 24.2 Å². The number of rotatable bonds is 6. The highest BCUT2D eigenvalue weighted by atomic mass is 16.4. The van der Waals surface area contributed by atoms with Gasteiger partial charge in [0.25, 0.3) is 0 Å². The molecule has 1 aromatic heterocycles. The molecule has 0 saturated heterocycles. The van der Waals surface area contributed by atoms with Crippen molar-refractivity contribution in [3.05, 3.63) is 65.0 Å². The van der Waals surface area contributed by atoms with Gasteiger partial charge >= 0.3 is 5.97 Å². The van der Waals surface area contributed by atoms with Crippen molar-refractivity contribution >= 4 is 5.97 Å². The fraction of sp³-hybridized carbons (Fsp3) is 0.333. The van der Waals surface area contributed by atoms with E-state index < -0.39 is 5.97 Å². The second kappa shape index (κ2) is 7.18. The molecular weight excluding hydrogens is 276 g/mol. The summed E-state index contributed by atoms with van der Waals surface area (Å²) in [6, 6.07) is 11.5. The maximum atomic E-state index is 10.9. The molecule has 1 aromatic carbocycles. The normalized spacial score (nSPS) is 12.4. The minimum absolute atomic E-state index is 0.323. The summed E-state index contributed by atoms with van der Waals surface area (Å²) in [6.07, 6.45) is 2.74. The standard InChI is InChI=1S/C18H22N2O2/c1-13-8-9-19-17(10-13)11-14(2)20(3)12-15-4-6-16(7-5-15)18(21)22/h4-10,14H,11-12H2,1-3H3,(H,21,22)/t14-/m0/s1. The van der Waals surface area contributed by atoms with Crippen molar-refractivity contribution in [1.82, 2.24) is 9.88 Å². The summed E-state index contributed by atoms with van der Waals surface area (Å²) in [5, 5.41) is 8.91. The zero-order chi connectivity index (χ0) is 16.1. The van der Waals surface area contributed by atoms with Crippen LogP contribution in [0.5, 0.6) is 0 Å². The number of aromatic nitrogens is 1. The van der Waals surface area contributed by atoms with Crippen molar-refractivity contribution in [2.75, 3.05) is 7.05 Å². The van der Waals surface area contributed by atoms with Gasteiger partial charge in [-0.1, -0.05) is 12.1 Å². The second-order valence-electron chi connectivity index (χ2n) is 5.79. The molecule has 1 atom stereocenters. The zero-order valence-electron chi connectivity index (χ0n) is 13.3. The van der Waals surface area contributed by atoms with Gasteiger partial charge in [-0.3, -0.25) is 9.88 Å². The van der Waals surface area contributed by atoms with Crippen LogP contribution in [0.25, 0.3) is 0 Å². The van der Waals surface area contributed by atoms with E-state index in [1.165, 1.54) is 5.56 Å². The van der Waals surface area contributed by atoms with Crippen LogP contribution in [-0.4, -0.2) is 34.0 Å². The quantitative estimate of drug-likeness (QED) is 0.890. The van der Waals surface area contributed by atoms with E-state index in [4.69, 9.17) is 5.11 Å². The fourth-order valence-corrected chi connectivity index (χ4v) is 2.37. The van der Waals surface area contributed by atoms with Crippen LogP contribution in [0, 0.1) is 6.92 Å². The Balaban J connectivity index is 1.96. The van der Waals surface area contributed by atoms with Crippen LogP contribution in [0.1, 0.15) is 34.1 Å². The Morgan fingerprint density at radius 3 is 2.55 bits per heavy atom. The van der Waals surface area contributed by atoms with E-state index in [2.05, 4.69) is 36.8 Å². The van der Waals surface area contributed by atoms with Gasteiger partial charge in [0.1, 0.15) is 0 Å². The van der Waals surface area contributed by atoms with Gasteiger partial charge in [-0.15, -0.1) is 0 Å². The number of nitrogens with zero attached hydrogens (tertiary/aromatic N) is 2. The molecule has 0 aliphatic rings. The summed E-state index contributed by atoms with van der Waals surface area (Å²) in [5.41, 5.74) is 3.75. The number of pyridine rings is 1. The molecule has 2 aromatic rings. The minimum Gasteiger partial charge on any atom is -0.478 e. The van der Waals surface area contributed by atoms with Gasteiger partial charge in [0, 0.05) is 30.9 Å². The Labute approximate surface area is 131 Å². The molecule has 0 aliphatic carbocycles. The molecule has 22 heavy (non-hydrogen) atoms. The van der Waals surface area contributed by atoms with E-state index in [9.17, 15) is 4.79 Å². The summed E-state index contributed by atoms with van der Waals surface area (Å²) >= 11 is 0. The van der Waals surface area contributed by atoms with Crippen LogP contribution in [0.15, 0.2) is 42.6 Å². The van der Waals surface area contributed by atoms with Crippen molar-refractivity contribution < 1.29 is 9.90 Å². The third-order valence-electron chi connectivity index (χ3n) is 3.86. The molecule has 1 N–H and O–H groups in total. The first-order chi connectivity index (χ1) is 10.5. The maximum Gasteiger partial charge on any atom is 0.335 e. The molecule has 4 nitrogen and oxygen atoms in total. The topological polar surface area (TPSA) is 53.4 Å². The van der Waals surface area contributed by atoms with Gasteiger partial charge in [-0.2, -0.15) is 0 Å². The first kappa shape index (κ1) is 16.2. The van der Waals surface area contributed by atoms with Gasteiger partial charge in [-0.05, 0) is 56.3 Å². The second-order valence-corrected chi connectivity index (χ2v) is 5.79. The number of hydrogen-bond donors (Lipinski definition) is 1.